The topological polar surface area (TPSA) is 41.3 Å². The highest BCUT2D eigenvalue weighted by Gasteiger charge is 2.17. The summed E-state index contributed by atoms with van der Waals surface area (Å²) < 4.78 is 0. The van der Waals surface area contributed by atoms with Gasteiger partial charge in [0.15, 0.2) is 0 Å². The lowest BCUT2D eigenvalue weighted by atomic mass is 10.0. The van der Waals surface area contributed by atoms with E-state index in [9.17, 15) is 0 Å². The average molecular weight is 269 g/mol. The van der Waals surface area contributed by atoms with Crippen LogP contribution in [0.5, 0.6) is 0 Å². The summed E-state index contributed by atoms with van der Waals surface area (Å²) >= 11 is 0. The zero-order chi connectivity index (χ0) is 13.8. The Kier molecular flexibility index (Phi) is 10.4. The summed E-state index contributed by atoms with van der Waals surface area (Å²) in [6.07, 6.45) is 15.4. The van der Waals surface area contributed by atoms with E-state index in [1.165, 1.54) is 70.6 Å². The molecule has 1 heterocycles. The lowest BCUT2D eigenvalue weighted by Gasteiger charge is -2.32. The molecule has 0 radical (unpaired) electrons. The fourth-order valence-corrected chi connectivity index (χ4v) is 2.91. The van der Waals surface area contributed by atoms with E-state index in [0.29, 0.717) is 6.04 Å². The molecule has 3 N–H and O–H groups in total. The normalized spacial score (nSPS) is 20.8. The van der Waals surface area contributed by atoms with Gasteiger partial charge in [0.25, 0.3) is 0 Å². The molecule has 0 spiro atoms. The highest BCUT2D eigenvalue weighted by molar-refractivity contribution is 4.75. The second-order valence-electron chi connectivity index (χ2n) is 6.07. The number of rotatable bonds is 11. The van der Waals surface area contributed by atoms with Crippen LogP contribution >= 0.6 is 0 Å². The first-order valence-electron chi connectivity index (χ1n) is 8.56. The minimum atomic E-state index is 0.572. The van der Waals surface area contributed by atoms with Gasteiger partial charge in [0, 0.05) is 25.7 Å². The minimum Gasteiger partial charge on any atom is -0.314 e. The van der Waals surface area contributed by atoms with Gasteiger partial charge in [-0.2, -0.15) is 0 Å². The number of unbranched alkanes of at least 4 members (excludes halogenated alkanes) is 9. The third-order valence-corrected chi connectivity index (χ3v) is 4.29. The molecule has 0 aromatic rings. The van der Waals surface area contributed by atoms with E-state index in [1.54, 1.807) is 0 Å². The van der Waals surface area contributed by atoms with Crippen LogP contribution in [0, 0.1) is 0 Å². The van der Waals surface area contributed by atoms with Gasteiger partial charge in [0.1, 0.15) is 0 Å². The van der Waals surface area contributed by atoms with Crippen molar-refractivity contribution in [1.29, 1.82) is 0 Å². The maximum atomic E-state index is 5.99. The van der Waals surface area contributed by atoms with Crippen LogP contribution < -0.4 is 11.2 Å². The fraction of sp³-hybridized carbons (Fsp3) is 1.00. The highest BCUT2D eigenvalue weighted by atomic mass is 15.4. The van der Waals surface area contributed by atoms with Crippen LogP contribution in [0.3, 0.4) is 0 Å². The standard InChI is InChI=1S/C16H35N3/c1-2-3-4-5-6-7-8-9-10-11-12-16-15-18-13-14-19(16)17/h16,18H,2-15,17H2,1H3. The summed E-state index contributed by atoms with van der Waals surface area (Å²) in [5.74, 6) is 5.99. The molecule has 0 saturated carbocycles. The number of nitrogens with two attached hydrogens (primary N) is 1. The zero-order valence-corrected chi connectivity index (χ0v) is 13.0. The molecule has 0 bridgehead atoms. The number of piperazine rings is 1. The number of hydrazine groups is 1. The summed E-state index contributed by atoms with van der Waals surface area (Å²) in [6.45, 7) is 5.41. The molecule has 1 aliphatic rings. The number of nitrogens with zero attached hydrogens (tertiary/aromatic N) is 1. The lowest BCUT2D eigenvalue weighted by Crippen LogP contribution is -2.54. The molecule has 19 heavy (non-hydrogen) atoms. The van der Waals surface area contributed by atoms with Crippen molar-refractivity contribution < 1.29 is 0 Å². The second-order valence-corrected chi connectivity index (χ2v) is 6.07. The van der Waals surface area contributed by atoms with E-state index in [1.807, 2.05) is 5.01 Å². The van der Waals surface area contributed by atoms with Gasteiger partial charge in [-0.05, 0) is 6.42 Å². The van der Waals surface area contributed by atoms with Crippen LogP contribution in [0.2, 0.25) is 0 Å². The van der Waals surface area contributed by atoms with Crippen LogP contribution in [0.25, 0.3) is 0 Å². The molecule has 1 rings (SSSR count). The Balaban J connectivity index is 1.80. The summed E-state index contributed by atoms with van der Waals surface area (Å²) in [5.41, 5.74) is 0. The van der Waals surface area contributed by atoms with Gasteiger partial charge in [-0.1, -0.05) is 71.1 Å². The molecule has 0 aromatic heterocycles. The molecule has 1 unspecified atom stereocenters. The second kappa shape index (κ2) is 11.7. The van der Waals surface area contributed by atoms with Crippen molar-refractivity contribution >= 4 is 0 Å². The third-order valence-electron chi connectivity index (χ3n) is 4.29. The monoisotopic (exact) mass is 269 g/mol. The summed E-state index contributed by atoms with van der Waals surface area (Å²) in [4.78, 5) is 0. The number of hydrogen-bond donors (Lipinski definition) is 2. The van der Waals surface area contributed by atoms with Gasteiger partial charge in [-0.25, -0.2) is 5.01 Å². The smallest absolute Gasteiger partial charge is 0.0366 e. The third kappa shape index (κ3) is 8.61. The Hall–Kier alpha value is -0.120. The molecule has 0 amide bonds. The lowest BCUT2D eigenvalue weighted by molar-refractivity contribution is 0.153. The van der Waals surface area contributed by atoms with E-state index in [-0.39, 0.29) is 0 Å². The van der Waals surface area contributed by atoms with Gasteiger partial charge in [0.05, 0.1) is 0 Å². The van der Waals surface area contributed by atoms with Crippen molar-refractivity contribution in [3.8, 4) is 0 Å². The van der Waals surface area contributed by atoms with Crippen molar-refractivity contribution in [2.24, 2.45) is 5.84 Å². The van der Waals surface area contributed by atoms with Crippen molar-refractivity contribution in [2.45, 2.75) is 83.6 Å². The highest BCUT2D eigenvalue weighted by Crippen LogP contribution is 2.13. The molecular weight excluding hydrogens is 234 g/mol. The van der Waals surface area contributed by atoms with Crippen LogP contribution in [-0.4, -0.2) is 30.7 Å². The molecule has 0 aliphatic carbocycles. The maximum Gasteiger partial charge on any atom is 0.0366 e. The molecule has 3 nitrogen and oxygen atoms in total. The predicted octanol–water partition coefficient (Wildman–Crippen LogP) is 3.44. The molecule has 3 heteroatoms. The summed E-state index contributed by atoms with van der Waals surface area (Å²) in [7, 11) is 0. The summed E-state index contributed by atoms with van der Waals surface area (Å²) in [6, 6.07) is 0.572. The van der Waals surface area contributed by atoms with Crippen molar-refractivity contribution in [1.82, 2.24) is 10.3 Å². The fourth-order valence-electron chi connectivity index (χ4n) is 2.91. The first kappa shape index (κ1) is 16.9. The molecule has 1 atom stereocenters. The Morgan fingerprint density at radius 2 is 1.53 bits per heavy atom. The van der Waals surface area contributed by atoms with E-state index < -0.39 is 0 Å². The zero-order valence-electron chi connectivity index (χ0n) is 13.0. The van der Waals surface area contributed by atoms with Gasteiger partial charge < -0.3 is 5.32 Å². The molecule has 1 aliphatic heterocycles. The van der Waals surface area contributed by atoms with E-state index >= 15 is 0 Å². The molecule has 114 valence electrons. The first-order chi connectivity index (χ1) is 9.34. The van der Waals surface area contributed by atoms with Crippen LogP contribution in [0.1, 0.15) is 77.6 Å². The van der Waals surface area contributed by atoms with Gasteiger partial charge in [-0.3, -0.25) is 5.84 Å². The Morgan fingerprint density at radius 1 is 0.947 bits per heavy atom. The minimum absolute atomic E-state index is 0.572. The molecule has 1 saturated heterocycles. The average Bonchev–Trinajstić information content (AvgIpc) is 2.43. The van der Waals surface area contributed by atoms with E-state index in [0.717, 1.165) is 19.6 Å². The van der Waals surface area contributed by atoms with Crippen molar-refractivity contribution in [3.63, 3.8) is 0 Å². The van der Waals surface area contributed by atoms with E-state index in [2.05, 4.69) is 12.2 Å². The van der Waals surface area contributed by atoms with Crippen LogP contribution in [0.4, 0.5) is 0 Å². The maximum absolute atomic E-state index is 5.99. The van der Waals surface area contributed by atoms with E-state index in [4.69, 9.17) is 5.84 Å². The Bertz CT molecular complexity index is 196. The van der Waals surface area contributed by atoms with Crippen LogP contribution in [-0.2, 0) is 0 Å². The van der Waals surface area contributed by atoms with Crippen LogP contribution in [0.15, 0.2) is 0 Å². The van der Waals surface area contributed by atoms with Crippen molar-refractivity contribution in [2.75, 3.05) is 19.6 Å². The Morgan fingerprint density at radius 3 is 2.11 bits per heavy atom. The number of hydrogen-bond acceptors (Lipinski definition) is 3. The van der Waals surface area contributed by atoms with Crippen molar-refractivity contribution in [3.05, 3.63) is 0 Å². The molecule has 1 fully saturated rings. The number of nitrogens with one attached hydrogen (secondary N) is 1. The molecule has 0 aromatic carbocycles. The van der Waals surface area contributed by atoms with Gasteiger partial charge >= 0.3 is 0 Å². The summed E-state index contributed by atoms with van der Waals surface area (Å²) in [5, 5.41) is 5.46. The molecular formula is C16H35N3. The van der Waals surface area contributed by atoms with Gasteiger partial charge in [-0.15, -0.1) is 0 Å². The largest absolute Gasteiger partial charge is 0.314 e. The van der Waals surface area contributed by atoms with Gasteiger partial charge in [0.2, 0.25) is 0 Å². The SMILES string of the molecule is CCCCCCCCCCCCC1CNCCN1N. The quantitative estimate of drug-likeness (QED) is 0.446. The first-order valence-corrected chi connectivity index (χ1v) is 8.56. The predicted molar refractivity (Wildman–Crippen MR) is 84.0 cm³/mol. The Labute approximate surface area is 120 Å².